The summed E-state index contributed by atoms with van der Waals surface area (Å²) < 4.78 is 5.90. The van der Waals surface area contributed by atoms with Crippen molar-refractivity contribution in [3.05, 3.63) is 52.8 Å². The molecule has 0 amide bonds. The summed E-state index contributed by atoms with van der Waals surface area (Å²) in [6, 6.07) is 6.77. The summed E-state index contributed by atoms with van der Waals surface area (Å²) in [5.41, 5.74) is 0.327. The van der Waals surface area contributed by atoms with Gasteiger partial charge in [0.05, 0.1) is 12.2 Å². The van der Waals surface area contributed by atoms with Gasteiger partial charge in [-0.1, -0.05) is 40.0 Å². The summed E-state index contributed by atoms with van der Waals surface area (Å²) >= 11 is 0. The van der Waals surface area contributed by atoms with Crippen molar-refractivity contribution in [2.45, 2.75) is 85.0 Å². The average molecular weight is 498 g/mol. The van der Waals surface area contributed by atoms with Gasteiger partial charge < -0.3 is 14.7 Å². The van der Waals surface area contributed by atoms with E-state index in [1.807, 2.05) is 6.92 Å². The quantitative estimate of drug-likeness (QED) is 0.116. The second-order valence-corrected chi connectivity index (χ2v) is 9.48. The summed E-state index contributed by atoms with van der Waals surface area (Å²) in [7, 11) is 0. The van der Waals surface area contributed by atoms with Gasteiger partial charge in [-0.2, -0.15) is 0 Å². The highest BCUT2D eigenvalue weighted by atomic mass is 16.5. The zero-order chi connectivity index (χ0) is 26.3. The summed E-state index contributed by atoms with van der Waals surface area (Å²) in [4.78, 5) is 40.3. The zero-order valence-electron chi connectivity index (χ0n) is 22.3. The van der Waals surface area contributed by atoms with Gasteiger partial charge in [-0.3, -0.25) is 14.4 Å². The third kappa shape index (κ3) is 9.38. The Morgan fingerprint density at radius 2 is 1.50 bits per heavy atom. The maximum Gasteiger partial charge on any atom is 0.197 e. The normalized spacial score (nSPS) is 14.6. The lowest BCUT2D eigenvalue weighted by Gasteiger charge is -2.21. The fourth-order valence-electron chi connectivity index (χ4n) is 4.20. The minimum Gasteiger partial charge on any atom is -0.512 e. The molecule has 0 aliphatic heterocycles. The van der Waals surface area contributed by atoms with E-state index in [0.29, 0.717) is 24.3 Å². The number of carbonyl (C=O) groups excluding carboxylic acids is 3. The lowest BCUT2D eigenvalue weighted by molar-refractivity contribution is -0.121. The minimum atomic E-state index is -0.452. The van der Waals surface area contributed by atoms with Gasteiger partial charge >= 0.3 is 0 Å². The molecule has 36 heavy (non-hydrogen) atoms. The molecule has 1 aromatic rings. The van der Waals surface area contributed by atoms with Gasteiger partial charge in [0.2, 0.25) is 0 Å². The van der Waals surface area contributed by atoms with Gasteiger partial charge in [0.1, 0.15) is 11.5 Å². The monoisotopic (exact) mass is 497 g/mol. The molecule has 1 aromatic carbocycles. The van der Waals surface area contributed by atoms with Crippen LogP contribution in [0.1, 0.15) is 95.3 Å². The van der Waals surface area contributed by atoms with E-state index in [1.165, 1.54) is 31.8 Å². The Bertz CT molecular complexity index is 921. The maximum atomic E-state index is 13.4. The Balaban J connectivity index is 2.05. The van der Waals surface area contributed by atoms with Crippen LogP contribution in [-0.4, -0.2) is 53.6 Å². The fourth-order valence-corrected chi connectivity index (χ4v) is 4.20. The van der Waals surface area contributed by atoms with Crippen molar-refractivity contribution >= 4 is 17.3 Å². The molecule has 0 unspecified atom stereocenters. The molecule has 0 fully saturated rings. The topological polar surface area (TPSA) is 83.9 Å². The highest BCUT2D eigenvalue weighted by Gasteiger charge is 2.29. The molecule has 0 radical (unpaired) electrons. The number of aliphatic hydroxyl groups excluding tert-OH is 1. The van der Waals surface area contributed by atoms with Crippen molar-refractivity contribution in [1.82, 2.24) is 4.90 Å². The Morgan fingerprint density at radius 3 is 2.11 bits per heavy atom. The highest BCUT2D eigenvalue weighted by molar-refractivity contribution is 6.22. The number of benzene rings is 1. The predicted octanol–water partition coefficient (Wildman–Crippen LogP) is 6.40. The minimum absolute atomic E-state index is 0.0286. The first-order chi connectivity index (χ1) is 17.4. The number of unbranched alkanes of at least 4 members (excludes halogenated alkanes) is 3. The predicted molar refractivity (Wildman–Crippen MR) is 144 cm³/mol. The van der Waals surface area contributed by atoms with E-state index in [-0.39, 0.29) is 47.7 Å². The Kier molecular flexibility index (Phi) is 13.2. The highest BCUT2D eigenvalue weighted by Crippen LogP contribution is 2.27. The number of aliphatic hydroxyl groups is 1. The van der Waals surface area contributed by atoms with E-state index in [9.17, 15) is 19.5 Å². The molecule has 1 N–H and O–H groups in total. The second kappa shape index (κ2) is 16.1. The SMILES string of the molecule is CCCCC(O)=C(C(=O)c1ccc(OCCCN(CCCC)CCCC)cc1)C1=CC(=O)CCC1=O. The standard InChI is InChI=1S/C30H43NO5/c1-4-7-11-28(34)29(26-22-24(32)14-17-27(26)33)30(35)23-12-15-25(16-13-23)36-21-10-20-31(18-8-5-2)19-9-6-3/h12-13,15-16,22,34H,4-11,14,17-21H2,1-3H3. The van der Waals surface area contributed by atoms with Gasteiger partial charge in [0, 0.05) is 36.9 Å². The fraction of sp³-hybridized carbons (Fsp3) is 0.567. The lowest BCUT2D eigenvalue weighted by Crippen LogP contribution is -2.28. The molecular weight excluding hydrogens is 454 g/mol. The molecule has 198 valence electrons. The molecule has 6 nitrogen and oxygen atoms in total. The Labute approximate surface area is 216 Å². The Morgan fingerprint density at radius 1 is 0.889 bits per heavy atom. The van der Waals surface area contributed by atoms with Crippen molar-refractivity contribution in [2.75, 3.05) is 26.2 Å². The number of ether oxygens (including phenoxy) is 1. The molecule has 0 heterocycles. The van der Waals surface area contributed by atoms with Crippen LogP contribution in [0.2, 0.25) is 0 Å². The van der Waals surface area contributed by atoms with Crippen molar-refractivity contribution < 1.29 is 24.2 Å². The van der Waals surface area contributed by atoms with Gasteiger partial charge in [0.15, 0.2) is 17.3 Å². The van der Waals surface area contributed by atoms with Gasteiger partial charge in [0.25, 0.3) is 0 Å². The van der Waals surface area contributed by atoms with E-state index in [1.54, 1.807) is 24.3 Å². The number of Topliss-reactive ketones (excluding diaryl/α,β-unsaturated/α-hetero) is 2. The van der Waals surface area contributed by atoms with Crippen molar-refractivity contribution in [1.29, 1.82) is 0 Å². The number of nitrogens with zero attached hydrogens (tertiary/aromatic N) is 1. The molecule has 0 atom stereocenters. The largest absolute Gasteiger partial charge is 0.512 e. The summed E-state index contributed by atoms with van der Waals surface area (Å²) in [5.74, 6) is -0.402. The van der Waals surface area contributed by atoms with E-state index < -0.39 is 5.78 Å². The van der Waals surface area contributed by atoms with Crippen LogP contribution in [-0.2, 0) is 9.59 Å². The first-order valence-corrected chi connectivity index (χ1v) is 13.6. The first-order valence-electron chi connectivity index (χ1n) is 13.6. The number of carbonyl (C=O) groups is 3. The van der Waals surface area contributed by atoms with Crippen LogP contribution in [0, 0.1) is 0 Å². The van der Waals surface area contributed by atoms with Crippen LogP contribution in [0.4, 0.5) is 0 Å². The Hall–Kier alpha value is -2.73. The molecule has 0 bridgehead atoms. The molecule has 0 saturated heterocycles. The van der Waals surface area contributed by atoms with E-state index in [0.717, 1.165) is 32.5 Å². The van der Waals surface area contributed by atoms with Gasteiger partial charge in [-0.25, -0.2) is 0 Å². The van der Waals surface area contributed by atoms with Crippen LogP contribution < -0.4 is 4.74 Å². The lowest BCUT2D eigenvalue weighted by atomic mass is 9.86. The van der Waals surface area contributed by atoms with Crippen LogP contribution in [0.15, 0.2) is 47.2 Å². The number of ketones is 3. The summed E-state index contributed by atoms with van der Waals surface area (Å²) in [6.07, 6.45) is 8.94. The van der Waals surface area contributed by atoms with Gasteiger partial charge in [-0.15, -0.1) is 0 Å². The summed E-state index contributed by atoms with van der Waals surface area (Å²) in [5, 5.41) is 10.7. The molecule has 6 heteroatoms. The van der Waals surface area contributed by atoms with Crippen molar-refractivity contribution in [3.63, 3.8) is 0 Å². The molecule has 1 aliphatic rings. The van der Waals surface area contributed by atoms with Crippen molar-refractivity contribution in [3.8, 4) is 5.75 Å². The molecule has 1 aliphatic carbocycles. The van der Waals surface area contributed by atoms with E-state index in [2.05, 4.69) is 18.7 Å². The number of hydrogen-bond donors (Lipinski definition) is 1. The first kappa shape index (κ1) is 29.5. The van der Waals surface area contributed by atoms with Gasteiger partial charge in [-0.05, 0) is 69.1 Å². The van der Waals surface area contributed by atoms with Crippen molar-refractivity contribution in [2.24, 2.45) is 0 Å². The maximum absolute atomic E-state index is 13.4. The number of rotatable bonds is 17. The molecule has 0 spiro atoms. The van der Waals surface area contributed by atoms with Crippen LogP contribution in [0.3, 0.4) is 0 Å². The smallest absolute Gasteiger partial charge is 0.197 e. The third-order valence-corrected chi connectivity index (χ3v) is 6.42. The molecule has 0 saturated carbocycles. The second-order valence-electron chi connectivity index (χ2n) is 9.48. The van der Waals surface area contributed by atoms with Crippen LogP contribution in [0.25, 0.3) is 0 Å². The molecule has 0 aromatic heterocycles. The van der Waals surface area contributed by atoms with Crippen LogP contribution >= 0.6 is 0 Å². The average Bonchev–Trinajstić information content (AvgIpc) is 2.88. The zero-order valence-corrected chi connectivity index (χ0v) is 22.3. The summed E-state index contributed by atoms with van der Waals surface area (Å²) in [6.45, 7) is 10.3. The van der Waals surface area contributed by atoms with E-state index >= 15 is 0 Å². The third-order valence-electron chi connectivity index (χ3n) is 6.42. The van der Waals surface area contributed by atoms with E-state index in [4.69, 9.17) is 4.74 Å². The van der Waals surface area contributed by atoms with Crippen LogP contribution in [0.5, 0.6) is 5.75 Å². The molecule has 2 rings (SSSR count). The number of allylic oxidation sites excluding steroid dienone is 4. The number of hydrogen-bond acceptors (Lipinski definition) is 6. The molecular formula is C30H43NO5.